The summed E-state index contributed by atoms with van der Waals surface area (Å²) in [5, 5.41) is 3.47. The highest BCUT2D eigenvalue weighted by Gasteiger charge is 2.62. The van der Waals surface area contributed by atoms with Crippen LogP contribution in [0.3, 0.4) is 0 Å². The van der Waals surface area contributed by atoms with Gasteiger partial charge in [0.2, 0.25) is 5.82 Å². The molecule has 0 fully saturated rings. The van der Waals surface area contributed by atoms with E-state index >= 15 is 0 Å². The van der Waals surface area contributed by atoms with Crippen LogP contribution in [0.2, 0.25) is 0 Å². The van der Waals surface area contributed by atoms with Crippen LogP contribution in [-0.2, 0) is 17.9 Å². The summed E-state index contributed by atoms with van der Waals surface area (Å²) < 4.78 is 66.2. The number of hydrogen-bond acceptors (Lipinski definition) is 3. The van der Waals surface area contributed by atoms with Gasteiger partial charge in [0.25, 0.3) is 0 Å². The van der Waals surface area contributed by atoms with Gasteiger partial charge in [-0.15, -0.1) is 5.10 Å². The van der Waals surface area contributed by atoms with Crippen molar-refractivity contribution in [2.45, 2.75) is 51.8 Å². The van der Waals surface area contributed by atoms with Crippen molar-refractivity contribution >= 4 is 5.69 Å². The number of nitrogens with two attached hydrogens (primary N) is 1. The maximum Gasteiger partial charge on any atom is 0.461 e. The van der Waals surface area contributed by atoms with Crippen LogP contribution in [0.1, 0.15) is 43.5 Å². The van der Waals surface area contributed by atoms with Gasteiger partial charge < -0.3 is 5.73 Å². The van der Waals surface area contributed by atoms with Crippen LogP contribution < -0.4 is 5.73 Å². The quantitative estimate of drug-likeness (QED) is 0.659. The first-order valence-electron chi connectivity index (χ1n) is 7.49. The average molecular weight is 362 g/mol. The molecule has 9 heteroatoms. The standard InChI is InChI=1S/C16H19F5N4/c1-9-7-10(5-6-11(9)22)8-25-13(14(2,3)4)23-12(24-25)15(17,18)16(19,20)21/h5-7H,8,22H2,1-4H3. The molecule has 0 aliphatic heterocycles. The number of benzene rings is 1. The lowest BCUT2D eigenvalue weighted by atomic mass is 9.95. The number of aryl methyl sites for hydroxylation is 1. The first-order valence-corrected chi connectivity index (χ1v) is 7.49. The van der Waals surface area contributed by atoms with Crippen molar-refractivity contribution in [1.29, 1.82) is 0 Å². The molecule has 138 valence electrons. The minimum Gasteiger partial charge on any atom is -0.399 e. The molecule has 2 rings (SSSR count). The lowest BCUT2D eigenvalue weighted by Gasteiger charge is -2.18. The Kier molecular flexibility index (Phi) is 4.56. The zero-order valence-corrected chi connectivity index (χ0v) is 14.2. The van der Waals surface area contributed by atoms with E-state index in [2.05, 4.69) is 10.1 Å². The fourth-order valence-corrected chi connectivity index (χ4v) is 2.28. The number of hydrogen-bond donors (Lipinski definition) is 1. The van der Waals surface area contributed by atoms with E-state index in [1.807, 2.05) is 0 Å². The zero-order chi connectivity index (χ0) is 19.2. The Hall–Kier alpha value is -2.19. The maximum atomic E-state index is 13.6. The maximum absolute atomic E-state index is 13.6. The molecule has 25 heavy (non-hydrogen) atoms. The second kappa shape index (κ2) is 5.96. The molecule has 1 heterocycles. The molecule has 0 unspecified atom stereocenters. The van der Waals surface area contributed by atoms with E-state index in [4.69, 9.17) is 5.73 Å². The van der Waals surface area contributed by atoms with Gasteiger partial charge in [-0.3, -0.25) is 0 Å². The summed E-state index contributed by atoms with van der Waals surface area (Å²) in [5.41, 5.74) is 6.97. The van der Waals surface area contributed by atoms with Crippen molar-refractivity contribution in [1.82, 2.24) is 14.8 Å². The lowest BCUT2D eigenvalue weighted by molar-refractivity contribution is -0.292. The summed E-state index contributed by atoms with van der Waals surface area (Å²) in [6.45, 7) is 6.77. The van der Waals surface area contributed by atoms with E-state index in [0.29, 0.717) is 11.3 Å². The highest BCUT2D eigenvalue weighted by atomic mass is 19.4. The number of nitrogens with zero attached hydrogens (tertiary/aromatic N) is 3. The molecule has 1 aromatic carbocycles. The molecule has 0 spiro atoms. The Morgan fingerprint density at radius 2 is 1.68 bits per heavy atom. The van der Waals surface area contributed by atoms with Crippen molar-refractivity contribution in [3.8, 4) is 0 Å². The molecule has 0 radical (unpaired) electrons. The fourth-order valence-electron chi connectivity index (χ4n) is 2.28. The second-order valence-electron chi connectivity index (χ2n) is 6.93. The van der Waals surface area contributed by atoms with Gasteiger partial charge in [-0.2, -0.15) is 22.0 Å². The highest BCUT2D eigenvalue weighted by molar-refractivity contribution is 5.47. The highest BCUT2D eigenvalue weighted by Crippen LogP contribution is 2.43. The smallest absolute Gasteiger partial charge is 0.399 e. The van der Waals surface area contributed by atoms with Crippen LogP contribution in [0, 0.1) is 6.92 Å². The minimum absolute atomic E-state index is 0.00859. The number of alkyl halides is 5. The molecule has 0 saturated heterocycles. The van der Waals surface area contributed by atoms with Crippen LogP contribution in [0.25, 0.3) is 0 Å². The monoisotopic (exact) mass is 362 g/mol. The first-order chi connectivity index (χ1) is 11.2. The van der Waals surface area contributed by atoms with Crippen molar-refractivity contribution < 1.29 is 22.0 Å². The van der Waals surface area contributed by atoms with E-state index in [9.17, 15) is 22.0 Å². The summed E-state index contributed by atoms with van der Waals surface area (Å²) in [6, 6.07) is 5.03. The largest absolute Gasteiger partial charge is 0.461 e. The van der Waals surface area contributed by atoms with Crippen LogP contribution in [0.5, 0.6) is 0 Å². The van der Waals surface area contributed by atoms with Crippen LogP contribution >= 0.6 is 0 Å². The zero-order valence-electron chi connectivity index (χ0n) is 14.2. The van der Waals surface area contributed by atoms with Gasteiger partial charge in [0.15, 0.2) is 0 Å². The van der Waals surface area contributed by atoms with Crippen molar-refractivity contribution in [2.75, 3.05) is 5.73 Å². The van der Waals surface area contributed by atoms with Gasteiger partial charge in [-0.05, 0) is 24.1 Å². The van der Waals surface area contributed by atoms with Crippen molar-refractivity contribution in [2.24, 2.45) is 0 Å². The second-order valence-corrected chi connectivity index (χ2v) is 6.93. The predicted molar refractivity (Wildman–Crippen MR) is 83.4 cm³/mol. The van der Waals surface area contributed by atoms with E-state index in [0.717, 1.165) is 10.2 Å². The summed E-state index contributed by atoms with van der Waals surface area (Å²) in [5.74, 6) is -6.62. The molecule has 0 amide bonds. The summed E-state index contributed by atoms with van der Waals surface area (Å²) in [6.07, 6.45) is -5.76. The van der Waals surface area contributed by atoms with E-state index < -0.39 is 23.3 Å². The third-order valence-electron chi connectivity index (χ3n) is 3.65. The molecule has 0 aliphatic carbocycles. The number of anilines is 1. The van der Waals surface area contributed by atoms with Crippen LogP contribution in [0.15, 0.2) is 18.2 Å². The van der Waals surface area contributed by atoms with Crippen molar-refractivity contribution in [3.05, 3.63) is 41.0 Å². The van der Waals surface area contributed by atoms with E-state index in [1.165, 1.54) is 0 Å². The van der Waals surface area contributed by atoms with Gasteiger partial charge in [0.05, 0.1) is 6.54 Å². The molecule has 2 N–H and O–H groups in total. The van der Waals surface area contributed by atoms with Gasteiger partial charge in [0.1, 0.15) is 5.82 Å². The molecule has 2 aromatic rings. The number of aromatic nitrogens is 3. The SMILES string of the molecule is Cc1cc(Cn2nc(C(F)(F)C(F)(F)F)nc2C(C)(C)C)ccc1N. The lowest BCUT2D eigenvalue weighted by Crippen LogP contribution is -2.35. The Bertz CT molecular complexity index is 772. The van der Waals surface area contributed by atoms with E-state index in [1.54, 1.807) is 45.9 Å². The summed E-state index contributed by atoms with van der Waals surface area (Å²) >= 11 is 0. The molecule has 0 bridgehead atoms. The van der Waals surface area contributed by atoms with Crippen molar-refractivity contribution in [3.63, 3.8) is 0 Å². The normalized spacial score (nSPS) is 13.3. The topological polar surface area (TPSA) is 56.7 Å². The molecule has 4 nitrogen and oxygen atoms in total. The Labute approximate surface area is 141 Å². The van der Waals surface area contributed by atoms with Crippen LogP contribution in [0.4, 0.5) is 27.6 Å². The Morgan fingerprint density at radius 3 is 2.16 bits per heavy atom. The van der Waals surface area contributed by atoms with Gasteiger partial charge in [-0.1, -0.05) is 32.9 Å². The molecule has 0 aliphatic rings. The summed E-state index contributed by atoms with van der Waals surface area (Å²) in [7, 11) is 0. The number of nitrogen functional groups attached to an aromatic ring is 1. The van der Waals surface area contributed by atoms with Gasteiger partial charge >= 0.3 is 12.1 Å². The minimum atomic E-state index is -5.76. The third-order valence-corrected chi connectivity index (χ3v) is 3.65. The average Bonchev–Trinajstić information content (AvgIpc) is 2.86. The molecule has 1 aromatic heterocycles. The summed E-state index contributed by atoms with van der Waals surface area (Å²) in [4.78, 5) is 3.51. The number of halogens is 5. The molecule has 0 atom stereocenters. The predicted octanol–water partition coefficient (Wildman–Crippen LogP) is 4.17. The van der Waals surface area contributed by atoms with Gasteiger partial charge in [0, 0.05) is 11.1 Å². The first kappa shape index (κ1) is 19.1. The number of rotatable bonds is 3. The Morgan fingerprint density at radius 1 is 1.08 bits per heavy atom. The fraction of sp³-hybridized carbons (Fsp3) is 0.500. The van der Waals surface area contributed by atoms with Gasteiger partial charge in [-0.25, -0.2) is 9.67 Å². The van der Waals surface area contributed by atoms with E-state index in [-0.39, 0.29) is 12.4 Å². The third kappa shape index (κ3) is 3.74. The van der Waals surface area contributed by atoms with Crippen LogP contribution in [-0.4, -0.2) is 20.9 Å². The Balaban J connectivity index is 2.51. The molecular weight excluding hydrogens is 343 g/mol. The molecule has 0 saturated carbocycles. The molecular formula is C16H19F5N4.